The first-order chi connectivity index (χ1) is 8.75. The second-order valence-electron chi connectivity index (χ2n) is 4.64. The second-order valence-corrected chi connectivity index (χ2v) is 4.64. The summed E-state index contributed by atoms with van der Waals surface area (Å²) in [7, 11) is 0. The SMILES string of the molecule is Cc1cccc(OCCC(O)C2=COCCC2)c1. The summed E-state index contributed by atoms with van der Waals surface area (Å²) < 4.78 is 10.8. The summed E-state index contributed by atoms with van der Waals surface area (Å²) >= 11 is 0. The molecule has 1 aliphatic rings. The van der Waals surface area contributed by atoms with E-state index in [1.54, 1.807) is 6.26 Å². The molecule has 1 unspecified atom stereocenters. The molecule has 1 N–H and O–H groups in total. The van der Waals surface area contributed by atoms with E-state index in [1.807, 2.05) is 31.2 Å². The third-order valence-corrected chi connectivity index (χ3v) is 3.04. The van der Waals surface area contributed by atoms with Crippen molar-refractivity contribution in [3.05, 3.63) is 41.7 Å². The minimum atomic E-state index is -0.449. The summed E-state index contributed by atoms with van der Waals surface area (Å²) in [5, 5.41) is 9.98. The van der Waals surface area contributed by atoms with E-state index in [-0.39, 0.29) is 0 Å². The molecule has 0 fully saturated rings. The van der Waals surface area contributed by atoms with E-state index in [4.69, 9.17) is 9.47 Å². The largest absolute Gasteiger partial charge is 0.501 e. The third-order valence-electron chi connectivity index (χ3n) is 3.04. The fourth-order valence-corrected chi connectivity index (χ4v) is 2.01. The first-order valence-corrected chi connectivity index (χ1v) is 6.44. The number of rotatable bonds is 5. The Morgan fingerprint density at radius 2 is 2.33 bits per heavy atom. The summed E-state index contributed by atoms with van der Waals surface area (Å²) in [6.07, 6.45) is 3.76. The normalized spacial score (nSPS) is 16.7. The van der Waals surface area contributed by atoms with E-state index < -0.39 is 6.10 Å². The van der Waals surface area contributed by atoms with Crippen LogP contribution < -0.4 is 4.74 Å². The lowest BCUT2D eigenvalue weighted by Gasteiger charge is -2.19. The lowest BCUT2D eigenvalue weighted by atomic mass is 10.0. The highest BCUT2D eigenvalue weighted by Gasteiger charge is 2.14. The number of aliphatic hydroxyl groups excluding tert-OH is 1. The molecule has 0 radical (unpaired) electrons. The average Bonchev–Trinajstić information content (AvgIpc) is 2.40. The van der Waals surface area contributed by atoms with Gasteiger partial charge >= 0.3 is 0 Å². The summed E-state index contributed by atoms with van der Waals surface area (Å²) in [6.45, 7) is 3.31. The van der Waals surface area contributed by atoms with Crippen molar-refractivity contribution in [1.82, 2.24) is 0 Å². The van der Waals surface area contributed by atoms with E-state index in [1.165, 1.54) is 5.56 Å². The van der Waals surface area contributed by atoms with Crippen molar-refractivity contribution in [2.45, 2.75) is 32.3 Å². The highest BCUT2D eigenvalue weighted by molar-refractivity contribution is 5.27. The van der Waals surface area contributed by atoms with Gasteiger partial charge in [0.1, 0.15) is 5.75 Å². The second kappa shape index (κ2) is 6.45. The minimum Gasteiger partial charge on any atom is -0.501 e. The summed E-state index contributed by atoms with van der Waals surface area (Å²) in [4.78, 5) is 0. The lowest BCUT2D eigenvalue weighted by molar-refractivity contribution is 0.144. The Morgan fingerprint density at radius 3 is 3.06 bits per heavy atom. The van der Waals surface area contributed by atoms with Gasteiger partial charge in [-0.3, -0.25) is 0 Å². The van der Waals surface area contributed by atoms with E-state index in [9.17, 15) is 5.11 Å². The maximum Gasteiger partial charge on any atom is 0.119 e. The molecule has 3 nitrogen and oxygen atoms in total. The van der Waals surface area contributed by atoms with E-state index >= 15 is 0 Å². The van der Waals surface area contributed by atoms with Crippen LogP contribution in [-0.4, -0.2) is 24.4 Å². The molecule has 1 aromatic rings. The molecular formula is C15H20O3. The molecule has 0 amide bonds. The molecule has 0 aliphatic carbocycles. The molecule has 98 valence electrons. The molecule has 18 heavy (non-hydrogen) atoms. The van der Waals surface area contributed by atoms with Crippen molar-refractivity contribution in [3.63, 3.8) is 0 Å². The van der Waals surface area contributed by atoms with E-state index in [2.05, 4.69) is 0 Å². The van der Waals surface area contributed by atoms with Crippen molar-refractivity contribution in [2.24, 2.45) is 0 Å². The Labute approximate surface area is 108 Å². The average molecular weight is 248 g/mol. The number of benzene rings is 1. The van der Waals surface area contributed by atoms with Crippen LogP contribution in [0.2, 0.25) is 0 Å². The summed E-state index contributed by atoms with van der Waals surface area (Å²) in [6, 6.07) is 7.93. The molecule has 0 saturated carbocycles. The van der Waals surface area contributed by atoms with Gasteiger partial charge in [0.05, 0.1) is 25.6 Å². The quantitative estimate of drug-likeness (QED) is 0.870. The number of aryl methyl sites for hydroxylation is 1. The van der Waals surface area contributed by atoms with Crippen LogP contribution in [0.15, 0.2) is 36.1 Å². The Bertz CT molecular complexity index is 412. The van der Waals surface area contributed by atoms with Crippen molar-refractivity contribution < 1.29 is 14.6 Å². The molecule has 0 aromatic heterocycles. The van der Waals surface area contributed by atoms with Crippen molar-refractivity contribution in [1.29, 1.82) is 0 Å². The van der Waals surface area contributed by atoms with Crippen LogP contribution in [0.3, 0.4) is 0 Å². The van der Waals surface area contributed by atoms with E-state index in [0.29, 0.717) is 13.0 Å². The highest BCUT2D eigenvalue weighted by atomic mass is 16.5. The predicted molar refractivity (Wildman–Crippen MR) is 70.6 cm³/mol. The van der Waals surface area contributed by atoms with Crippen molar-refractivity contribution >= 4 is 0 Å². The Balaban J connectivity index is 1.76. The lowest BCUT2D eigenvalue weighted by Crippen LogP contribution is -2.17. The van der Waals surface area contributed by atoms with Crippen LogP contribution in [0, 0.1) is 6.92 Å². The van der Waals surface area contributed by atoms with Crippen LogP contribution in [-0.2, 0) is 4.74 Å². The smallest absolute Gasteiger partial charge is 0.119 e. The van der Waals surface area contributed by atoms with Gasteiger partial charge in [-0.05, 0) is 43.0 Å². The zero-order chi connectivity index (χ0) is 12.8. The van der Waals surface area contributed by atoms with Gasteiger partial charge in [0, 0.05) is 6.42 Å². The van der Waals surface area contributed by atoms with Crippen LogP contribution >= 0.6 is 0 Å². The van der Waals surface area contributed by atoms with Crippen LogP contribution in [0.1, 0.15) is 24.8 Å². The molecular weight excluding hydrogens is 228 g/mol. The van der Waals surface area contributed by atoms with Crippen LogP contribution in [0.25, 0.3) is 0 Å². The number of hydrogen-bond acceptors (Lipinski definition) is 3. The monoisotopic (exact) mass is 248 g/mol. The molecule has 1 heterocycles. The van der Waals surface area contributed by atoms with Crippen molar-refractivity contribution in [2.75, 3.05) is 13.2 Å². The fourth-order valence-electron chi connectivity index (χ4n) is 2.01. The minimum absolute atomic E-state index is 0.449. The molecule has 3 heteroatoms. The van der Waals surface area contributed by atoms with Gasteiger partial charge in [-0.1, -0.05) is 12.1 Å². The maximum atomic E-state index is 9.98. The topological polar surface area (TPSA) is 38.7 Å². The van der Waals surface area contributed by atoms with Gasteiger partial charge in [-0.15, -0.1) is 0 Å². The van der Waals surface area contributed by atoms with Gasteiger partial charge < -0.3 is 14.6 Å². The summed E-state index contributed by atoms with van der Waals surface area (Å²) in [5.41, 5.74) is 2.16. The van der Waals surface area contributed by atoms with Gasteiger partial charge in [0.25, 0.3) is 0 Å². The van der Waals surface area contributed by atoms with Gasteiger partial charge in [-0.25, -0.2) is 0 Å². The molecule has 1 aromatic carbocycles. The standard InChI is InChI=1S/C15H20O3/c1-12-4-2-6-14(10-12)18-9-7-15(16)13-5-3-8-17-11-13/h2,4,6,10-11,15-16H,3,5,7-9H2,1H3. The number of hydrogen-bond donors (Lipinski definition) is 1. The molecule has 0 saturated heterocycles. The maximum absolute atomic E-state index is 9.98. The fraction of sp³-hybridized carbons (Fsp3) is 0.467. The first-order valence-electron chi connectivity index (χ1n) is 6.44. The third kappa shape index (κ3) is 3.77. The zero-order valence-electron chi connectivity index (χ0n) is 10.8. The number of ether oxygens (including phenoxy) is 2. The van der Waals surface area contributed by atoms with Gasteiger partial charge in [0.15, 0.2) is 0 Å². The molecule has 1 aliphatic heterocycles. The Hall–Kier alpha value is -1.48. The molecule has 2 rings (SSSR count). The zero-order valence-corrected chi connectivity index (χ0v) is 10.8. The van der Waals surface area contributed by atoms with Crippen molar-refractivity contribution in [3.8, 4) is 5.75 Å². The van der Waals surface area contributed by atoms with E-state index in [0.717, 1.165) is 30.8 Å². The predicted octanol–water partition coefficient (Wildman–Crippen LogP) is 2.82. The molecule has 0 spiro atoms. The molecule has 1 atom stereocenters. The number of aliphatic hydroxyl groups is 1. The first kappa shape index (κ1) is 13.0. The summed E-state index contributed by atoms with van der Waals surface area (Å²) in [5.74, 6) is 0.857. The van der Waals surface area contributed by atoms with Crippen LogP contribution in [0.5, 0.6) is 5.75 Å². The Morgan fingerprint density at radius 1 is 1.44 bits per heavy atom. The molecule has 0 bridgehead atoms. The van der Waals surface area contributed by atoms with Gasteiger partial charge in [0.2, 0.25) is 0 Å². The Kier molecular flexibility index (Phi) is 4.65. The highest BCUT2D eigenvalue weighted by Crippen LogP contribution is 2.18. The van der Waals surface area contributed by atoms with Crippen LogP contribution in [0.4, 0.5) is 0 Å². The van der Waals surface area contributed by atoms with Gasteiger partial charge in [-0.2, -0.15) is 0 Å².